The Balaban J connectivity index is 2.78. The molecule has 0 aliphatic carbocycles. The molecular formula is C25H36O. The van der Waals surface area contributed by atoms with E-state index < -0.39 is 0 Å². The van der Waals surface area contributed by atoms with Gasteiger partial charge < -0.3 is 4.74 Å². The lowest BCUT2D eigenvalue weighted by molar-refractivity contribution is 0.236. The molecule has 0 heterocycles. The number of hydrogen-bond donors (Lipinski definition) is 0. The van der Waals surface area contributed by atoms with Gasteiger partial charge in [-0.1, -0.05) is 77.9 Å². The molecule has 26 heavy (non-hydrogen) atoms. The Kier molecular flexibility index (Phi) is 6.55. The third-order valence-electron chi connectivity index (χ3n) is 4.89. The lowest BCUT2D eigenvalue weighted by Gasteiger charge is -2.30. The van der Waals surface area contributed by atoms with Gasteiger partial charge in [-0.25, -0.2) is 0 Å². The molecule has 0 saturated carbocycles. The van der Waals surface area contributed by atoms with E-state index in [0.717, 1.165) is 18.6 Å². The van der Waals surface area contributed by atoms with Gasteiger partial charge in [-0.2, -0.15) is 0 Å². The van der Waals surface area contributed by atoms with Gasteiger partial charge in [-0.3, -0.25) is 0 Å². The maximum Gasteiger partial charge on any atom is 0.126 e. The molecule has 0 radical (unpaired) electrons. The molecule has 0 aliphatic heterocycles. The summed E-state index contributed by atoms with van der Waals surface area (Å²) >= 11 is 0. The van der Waals surface area contributed by atoms with Gasteiger partial charge in [0, 0.05) is 12.0 Å². The monoisotopic (exact) mass is 352 g/mol. The van der Waals surface area contributed by atoms with E-state index >= 15 is 0 Å². The van der Waals surface area contributed by atoms with Gasteiger partial charge in [-0.05, 0) is 53.9 Å². The van der Waals surface area contributed by atoms with E-state index in [2.05, 4.69) is 91.8 Å². The molecule has 0 bridgehead atoms. The molecular weight excluding hydrogens is 316 g/mol. The largest absolute Gasteiger partial charge is 0.490 e. The molecule has 0 saturated heterocycles. The van der Waals surface area contributed by atoms with E-state index in [0.29, 0.717) is 5.92 Å². The first-order chi connectivity index (χ1) is 12.1. The van der Waals surface area contributed by atoms with E-state index in [1.54, 1.807) is 0 Å². The SMILES string of the molecule is CCc1c(C(C)(C)C)cc(C(C)C)c(OC(C)C)c1Cc1ccccc1. The van der Waals surface area contributed by atoms with Crippen LogP contribution in [0.2, 0.25) is 0 Å². The van der Waals surface area contributed by atoms with E-state index in [4.69, 9.17) is 4.74 Å². The molecule has 0 aliphatic rings. The minimum atomic E-state index is 0.122. The number of ether oxygens (including phenoxy) is 1. The van der Waals surface area contributed by atoms with E-state index in [1.165, 1.54) is 27.8 Å². The van der Waals surface area contributed by atoms with Gasteiger partial charge in [0.25, 0.3) is 0 Å². The summed E-state index contributed by atoms with van der Waals surface area (Å²) in [4.78, 5) is 0. The zero-order valence-electron chi connectivity index (χ0n) is 17.9. The fourth-order valence-corrected chi connectivity index (χ4v) is 3.65. The molecule has 0 N–H and O–H groups in total. The fourth-order valence-electron chi connectivity index (χ4n) is 3.65. The van der Waals surface area contributed by atoms with Gasteiger partial charge in [0.2, 0.25) is 0 Å². The predicted octanol–water partition coefficient (Wildman–Crippen LogP) is 7.05. The van der Waals surface area contributed by atoms with Crippen LogP contribution in [0.15, 0.2) is 36.4 Å². The van der Waals surface area contributed by atoms with Gasteiger partial charge in [0.05, 0.1) is 6.10 Å². The average Bonchev–Trinajstić information content (AvgIpc) is 2.55. The predicted molar refractivity (Wildman–Crippen MR) is 114 cm³/mol. The van der Waals surface area contributed by atoms with Crippen molar-refractivity contribution in [3.8, 4) is 5.75 Å². The summed E-state index contributed by atoms with van der Waals surface area (Å²) in [6.45, 7) is 18.0. The van der Waals surface area contributed by atoms with Crippen molar-refractivity contribution < 1.29 is 4.74 Å². The first-order valence-electron chi connectivity index (χ1n) is 10.0. The smallest absolute Gasteiger partial charge is 0.126 e. The Hall–Kier alpha value is -1.76. The van der Waals surface area contributed by atoms with Crippen molar-refractivity contribution in [2.75, 3.05) is 0 Å². The summed E-state index contributed by atoms with van der Waals surface area (Å²) in [5.41, 5.74) is 7.11. The molecule has 0 fully saturated rings. The fraction of sp³-hybridized carbons (Fsp3) is 0.520. The molecule has 0 aromatic heterocycles. The van der Waals surface area contributed by atoms with Crippen LogP contribution in [0.3, 0.4) is 0 Å². The zero-order chi connectivity index (χ0) is 19.5. The van der Waals surface area contributed by atoms with Crippen LogP contribution in [0, 0.1) is 0 Å². The molecule has 0 spiro atoms. The highest BCUT2D eigenvalue weighted by Gasteiger charge is 2.26. The molecule has 2 rings (SSSR count). The number of benzene rings is 2. The maximum atomic E-state index is 6.42. The van der Waals surface area contributed by atoms with Crippen LogP contribution in [-0.4, -0.2) is 6.10 Å². The second-order valence-corrected chi connectivity index (χ2v) is 8.89. The first-order valence-corrected chi connectivity index (χ1v) is 10.0. The second-order valence-electron chi connectivity index (χ2n) is 8.89. The number of rotatable bonds is 6. The van der Waals surface area contributed by atoms with Gasteiger partial charge in [-0.15, -0.1) is 0 Å². The van der Waals surface area contributed by atoms with E-state index in [-0.39, 0.29) is 11.5 Å². The van der Waals surface area contributed by atoms with Crippen molar-refractivity contribution in [1.82, 2.24) is 0 Å². The summed E-state index contributed by atoms with van der Waals surface area (Å²) in [5, 5.41) is 0. The highest BCUT2D eigenvalue weighted by molar-refractivity contribution is 5.55. The van der Waals surface area contributed by atoms with Crippen LogP contribution < -0.4 is 4.74 Å². The van der Waals surface area contributed by atoms with Crippen LogP contribution in [0.4, 0.5) is 0 Å². The van der Waals surface area contributed by atoms with Crippen LogP contribution in [0.25, 0.3) is 0 Å². The van der Waals surface area contributed by atoms with Crippen LogP contribution in [0.1, 0.15) is 89.1 Å². The first kappa shape index (κ1) is 20.6. The highest BCUT2D eigenvalue weighted by Crippen LogP contribution is 2.41. The Morgan fingerprint density at radius 3 is 2.00 bits per heavy atom. The summed E-state index contributed by atoms with van der Waals surface area (Å²) in [6.07, 6.45) is 2.13. The molecule has 1 heteroatoms. The molecule has 2 aromatic rings. The van der Waals surface area contributed by atoms with Crippen molar-refractivity contribution in [2.45, 2.75) is 85.7 Å². The van der Waals surface area contributed by atoms with Crippen LogP contribution in [0.5, 0.6) is 5.75 Å². The molecule has 2 aromatic carbocycles. The lowest BCUT2D eigenvalue weighted by atomic mass is 9.77. The average molecular weight is 353 g/mol. The topological polar surface area (TPSA) is 9.23 Å². The normalized spacial score (nSPS) is 12.1. The van der Waals surface area contributed by atoms with Crippen LogP contribution in [-0.2, 0) is 18.3 Å². The third kappa shape index (κ3) is 4.69. The Bertz CT molecular complexity index is 718. The standard InChI is InChI=1S/C25H36O/c1-9-20-22(15-19-13-11-10-12-14-19)24(26-18(4)5)21(17(2)3)16-23(20)25(6,7)8/h10-14,16-18H,9,15H2,1-8H3. The summed E-state index contributed by atoms with van der Waals surface area (Å²) in [7, 11) is 0. The quantitative estimate of drug-likeness (QED) is 0.541. The second kappa shape index (κ2) is 8.29. The summed E-state index contributed by atoms with van der Waals surface area (Å²) < 4.78 is 6.42. The third-order valence-corrected chi connectivity index (χ3v) is 4.89. The van der Waals surface area contributed by atoms with Crippen molar-refractivity contribution in [3.05, 3.63) is 64.2 Å². The van der Waals surface area contributed by atoms with E-state index in [9.17, 15) is 0 Å². The maximum absolute atomic E-state index is 6.42. The van der Waals surface area contributed by atoms with Crippen molar-refractivity contribution in [2.24, 2.45) is 0 Å². The molecule has 0 unspecified atom stereocenters. The summed E-state index contributed by atoms with van der Waals surface area (Å²) in [6, 6.07) is 13.2. The number of hydrogen-bond acceptors (Lipinski definition) is 1. The summed E-state index contributed by atoms with van der Waals surface area (Å²) in [5.74, 6) is 1.55. The molecule has 142 valence electrons. The van der Waals surface area contributed by atoms with Crippen molar-refractivity contribution in [1.29, 1.82) is 0 Å². The Morgan fingerprint density at radius 2 is 1.54 bits per heavy atom. The highest BCUT2D eigenvalue weighted by atomic mass is 16.5. The van der Waals surface area contributed by atoms with Crippen LogP contribution >= 0.6 is 0 Å². The minimum absolute atomic E-state index is 0.122. The van der Waals surface area contributed by atoms with Gasteiger partial charge in [0.1, 0.15) is 5.75 Å². The van der Waals surface area contributed by atoms with Gasteiger partial charge >= 0.3 is 0 Å². The van der Waals surface area contributed by atoms with Crippen molar-refractivity contribution in [3.63, 3.8) is 0 Å². The van der Waals surface area contributed by atoms with Crippen molar-refractivity contribution >= 4 is 0 Å². The lowest BCUT2D eigenvalue weighted by Crippen LogP contribution is -2.19. The molecule has 0 amide bonds. The van der Waals surface area contributed by atoms with E-state index in [1.807, 2.05) is 0 Å². The molecule has 0 atom stereocenters. The minimum Gasteiger partial charge on any atom is -0.490 e. The van der Waals surface area contributed by atoms with Gasteiger partial charge in [0.15, 0.2) is 0 Å². The Morgan fingerprint density at radius 1 is 0.923 bits per heavy atom. The Labute approximate surface area is 160 Å². The zero-order valence-corrected chi connectivity index (χ0v) is 17.9. The molecule has 1 nitrogen and oxygen atoms in total.